The van der Waals surface area contributed by atoms with Gasteiger partial charge in [-0.05, 0) is 6.92 Å². The first-order chi connectivity index (χ1) is 16.0. The Morgan fingerprint density at radius 1 is 1.18 bits per heavy atom. The van der Waals surface area contributed by atoms with Gasteiger partial charge in [0.1, 0.15) is 27.7 Å². The fourth-order valence-electron chi connectivity index (χ4n) is 3.35. The molecule has 4 rings (SSSR count). The standard InChI is InChI=1S/C21H24ClN9O2S/c1-10(27-18(33)14-11-8-31(5)30-16(11)26-9-25-14)19-23-7-13(34-19)17(32)29-20-24-6-12(22)15(28-20)21(2,3)4/h6-7,9-10H,8H2,1-5H3,(H,27,33)(H,25,26,30)(H,24,28,29,32). The van der Waals surface area contributed by atoms with Gasteiger partial charge >= 0.3 is 0 Å². The summed E-state index contributed by atoms with van der Waals surface area (Å²) >= 11 is 7.37. The fraction of sp³-hybridized carbons (Fsp3) is 0.381. The maximum Gasteiger partial charge on any atom is 0.270 e. The molecule has 1 atom stereocenters. The largest absolute Gasteiger partial charge is 0.342 e. The third-order valence-electron chi connectivity index (χ3n) is 5.00. The Labute approximate surface area is 205 Å². The lowest BCUT2D eigenvalue weighted by Gasteiger charge is -2.19. The average molecular weight is 502 g/mol. The van der Waals surface area contributed by atoms with Crippen molar-refractivity contribution < 1.29 is 9.59 Å². The third kappa shape index (κ3) is 4.98. The quantitative estimate of drug-likeness (QED) is 0.481. The molecule has 1 aliphatic heterocycles. The van der Waals surface area contributed by atoms with Gasteiger partial charge in [-0.1, -0.05) is 32.4 Å². The zero-order valence-electron chi connectivity index (χ0n) is 19.3. The van der Waals surface area contributed by atoms with E-state index in [-0.39, 0.29) is 17.3 Å². The number of hydrogen-bond donors (Lipinski definition) is 3. The van der Waals surface area contributed by atoms with Crippen LogP contribution < -0.4 is 16.1 Å². The summed E-state index contributed by atoms with van der Waals surface area (Å²) in [6.45, 7) is 8.23. The Bertz CT molecular complexity index is 1260. The van der Waals surface area contributed by atoms with E-state index in [1.54, 1.807) is 6.92 Å². The minimum Gasteiger partial charge on any atom is -0.342 e. The number of aromatic nitrogens is 5. The monoisotopic (exact) mass is 501 g/mol. The number of carbonyl (C=O) groups is 2. The summed E-state index contributed by atoms with van der Waals surface area (Å²) in [5.41, 5.74) is 4.42. The molecule has 3 N–H and O–H groups in total. The summed E-state index contributed by atoms with van der Waals surface area (Å²) in [5, 5.41) is 8.41. The Morgan fingerprint density at radius 2 is 1.94 bits per heavy atom. The molecule has 13 heteroatoms. The first-order valence-corrected chi connectivity index (χ1v) is 11.6. The zero-order valence-corrected chi connectivity index (χ0v) is 20.9. The van der Waals surface area contributed by atoms with Crippen LogP contribution in [0.5, 0.6) is 0 Å². The summed E-state index contributed by atoms with van der Waals surface area (Å²) in [6, 6.07) is -0.434. The SMILES string of the molecule is CC(NC(=O)c1ncnc2c1CN(C)N2)c1ncc(C(=O)Nc2ncc(Cl)c(C(C)(C)C)n2)s1. The van der Waals surface area contributed by atoms with Crippen LogP contribution in [0.3, 0.4) is 0 Å². The van der Waals surface area contributed by atoms with E-state index in [0.717, 1.165) is 5.56 Å². The van der Waals surface area contributed by atoms with Gasteiger partial charge in [-0.15, -0.1) is 11.3 Å². The highest BCUT2D eigenvalue weighted by molar-refractivity contribution is 7.13. The number of anilines is 2. The summed E-state index contributed by atoms with van der Waals surface area (Å²) in [7, 11) is 1.85. The highest BCUT2D eigenvalue weighted by Gasteiger charge is 2.26. The van der Waals surface area contributed by atoms with Crippen molar-refractivity contribution in [1.29, 1.82) is 0 Å². The van der Waals surface area contributed by atoms with Gasteiger partial charge in [0.2, 0.25) is 5.95 Å². The van der Waals surface area contributed by atoms with E-state index in [9.17, 15) is 9.59 Å². The van der Waals surface area contributed by atoms with Crippen LogP contribution in [0.2, 0.25) is 5.02 Å². The number of hydrogen-bond acceptors (Lipinski definition) is 10. The number of nitrogens with zero attached hydrogens (tertiary/aromatic N) is 6. The number of halogens is 1. The lowest BCUT2D eigenvalue weighted by Crippen LogP contribution is -2.28. The Morgan fingerprint density at radius 3 is 2.68 bits per heavy atom. The van der Waals surface area contributed by atoms with E-state index in [1.807, 2.05) is 32.8 Å². The molecule has 34 heavy (non-hydrogen) atoms. The van der Waals surface area contributed by atoms with E-state index in [0.29, 0.717) is 38.7 Å². The van der Waals surface area contributed by atoms with Gasteiger partial charge < -0.3 is 10.7 Å². The molecule has 3 aromatic heterocycles. The fourth-order valence-corrected chi connectivity index (χ4v) is 4.54. The van der Waals surface area contributed by atoms with Crippen molar-refractivity contribution in [1.82, 2.24) is 35.2 Å². The van der Waals surface area contributed by atoms with E-state index >= 15 is 0 Å². The summed E-state index contributed by atoms with van der Waals surface area (Å²) in [6.07, 6.45) is 4.28. The normalized spacial score (nSPS) is 14.3. The minimum atomic E-state index is -0.434. The molecule has 0 spiro atoms. The molecule has 11 nitrogen and oxygen atoms in total. The van der Waals surface area contributed by atoms with Crippen molar-refractivity contribution in [2.75, 3.05) is 17.8 Å². The van der Waals surface area contributed by atoms with Crippen molar-refractivity contribution in [3.05, 3.63) is 50.6 Å². The van der Waals surface area contributed by atoms with Gasteiger partial charge in [-0.3, -0.25) is 14.9 Å². The highest BCUT2D eigenvalue weighted by Crippen LogP contribution is 2.28. The van der Waals surface area contributed by atoms with Crippen LogP contribution in [0.1, 0.15) is 70.2 Å². The van der Waals surface area contributed by atoms with Crippen LogP contribution in [0.4, 0.5) is 11.8 Å². The molecule has 0 radical (unpaired) electrons. The predicted octanol–water partition coefficient (Wildman–Crippen LogP) is 3.19. The molecule has 2 amide bonds. The smallest absolute Gasteiger partial charge is 0.270 e. The molecule has 4 heterocycles. The summed E-state index contributed by atoms with van der Waals surface area (Å²) in [5.74, 6) is 0.0373. The predicted molar refractivity (Wildman–Crippen MR) is 129 cm³/mol. The molecule has 0 saturated carbocycles. The van der Waals surface area contributed by atoms with Crippen molar-refractivity contribution in [2.45, 2.75) is 45.7 Å². The Hall–Kier alpha value is -3.22. The third-order valence-corrected chi connectivity index (χ3v) is 6.45. The van der Waals surface area contributed by atoms with Crippen molar-refractivity contribution in [2.24, 2.45) is 0 Å². The molecule has 0 saturated heterocycles. The zero-order chi connectivity index (χ0) is 24.6. The van der Waals surface area contributed by atoms with Crippen molar-refractivity contribution in [3.8, 4) is 0 Å². The van der Waals surface area contributed by atoms with Crippen LogP contribution >= 0.6 is 22.9 Å². The number of thiazole rings is 1. The molecule has 0 aliphatic carbocycles. The lowest BCUT2D eigenvalue weighted by molar-refractivity contribution is 0.0932. The lowest BCUT2D eigenvalue weighted by atomic mass is 9.92. The molecule has 3 aromatic rings. The number of hydrazine groups is 1. The van der Waals surface area contributed by atoms with E-state index in [4.69, 9.17) is 11.6 Å². The Kier molecular flexibility index (Phi) is 6.47. The summed E-state index contributed by atoms with van der Waals surface area (Å²) in [4.78, 5) is 47.0. The number of amides is 2. The van der Waals surface area contributed by atoms with Gasteiger partial charge in [0.15, 0.2) is 0 Å². The minimum absolute atomic E-state index is 0.159. The van der Waals surface area contributed by atoms with E-state index in [1.165, 1.54) is 30.1 Å². The van der Waals surface area contributed by atoms with Crippen molar-refractivity contribution >= 4 is 46.5 Å². The van der Waals surface area contributed by atoms with Crippen LogP contribution in [0.15, 0.2) is 18.7 Å². The Balaban J connectivity index is 1.44. The maximum atomic E-state index is 12.8. The summed E-state index contributed by atoms with van der Waals surface area (Å²) < 4.78 is 0. The molecular formula is C21H24ClN9O2S. The molecule has 0 fully saturated rings. The van der Waals surface area contributed by atoms with Gasteiger partial charge in [-0.2, -0.15) is 0 Å². The molecule has 1 aliphatic rings. The maximum absolute atomic E-state index is 12.8. The highest BCUT2D eigenvalue weighted by atomic mass is 35.5. The van der Waals surface area contributed by atoms with Crippen LogP contribution in [-0.2, 0) is 12.0 Å². The average Bonchev–Trinajstić information content (AvgIpc) is 3.40. The molecular weight excluding hydrogens is 478 g/mol. The number of rotatable bonds is 5. The van der Waals surface area contributed by atoms with Gasteiger partial charge in [0, 0.05) is 24.6 Å². The van der Waals surface area contributed by atoms with Gasteiger partial charge in [-0.25, -0.2) is 29.9 Å². The molecule has 1 unspecified atom stereocenters. The van der Waals surface area contributed by atoms with Crippen LogP contribution in [0.25, 0.3) is 0 Å². The van der Waals surface area contributed by atoms with Gasteiger partial charge in [0.25, 0.3) is 11.8 Å². The molecule has 0 aromatic carbocycles. The second-order valence-electron chi connectivity index (χ2n) is 8.87. The first-order valence-electron chi connectivity index (χ1n) is 10.5. The number of carbonyl (C=O) groups excluding carboxylic acids is 2. The molecule has 0 bridgehead atoms. The van der Waals surface area contributed by atoms with Crippen LogP contribution in [0, 0.1) is 0 Å². The number of nitrogens with one attached hydrogen (secondary N) is 3. The van der Waals surface area contributed by atoms with E-state index in [2.05, 4.69) is 41.0 Å². The second kappa shape index (κ2) is 9.20. The van der Waals surface area contributed by atoms with Gasteiger partial charge in [0.05, 0.1) is 29.2 Å². The number of fused-ring (bicyclic) bond motifs is 1. The van der Waals surface area contributed by atoms with Crippen molar-refractivity contribution in [3.63, 3.8) is 0 Å². The molecule has 178 valence electrons. The van der Waals surface area contributed by atoms with Crippen LogP contribution in [-0.4, -0.2) is 48.8 Å². The topological polar surface area (TPSA) is 138 Å². The second-order valence-corrected chi connectivity index (χ2v) is 10.3. The van der Waals surface area contributed by atoms with E-state index < -0.39 is 11.9 Å². The first kappa shape index (κ1) is 23.9.